The Labute approximate surface area is 211 Å². The van der Waals surface area contributed by atoms with Gasteiger partial charge in [0.1, 0.15) is 12.0 Å². The van der Waals surface area contributed by atoms with Gasteiger partial charge in [0, 0.05) is 19.0 Å². The number of hydrogen-bond acceptors (Lipinski definition) is 6. The molecular weight excluding hydrogens is 454 g/mol. The highest BCUT2D eigenvalue weighted by molar-refractivity contribution is 5.90. The van der Waals surface area contributed by atoms with Crippen LogP contribution in [0.2, 0.25) is 0 Å². The number of aromatic nitrogens is 2. The molecule has 2 aliphatic rings. The van der Waals surface area contributed by atoms with Crippen LogP contribution in [0.5, 0.6) is 0 Å². The fourth-order valence-electron chi connectivity index (χ4n) is 4.83. The van der Waals surface area contributed by atoms with Crippen molar-refractivity contribution < 1.29 is 9.59 Å². The second-order valence-electron chi connectivity index (χ2n) is 9.63. The molecular formula is C27H33N7O2. The Morgan fingerprint density at radius 3 is 2.67 bits per heavy atom. The summed E-state index contributed by atoms with van der Waals surface area (Å²) in [4.78, 5) is 25.7. The Hall–Kier alpha value is -3.69. The summed E-state index contributed by atoms with van der Waals surface area (Å²) in [5.41, 5.74) is 8.74. The lowest BCUT2D eigenvalue weighted by Gasteiger charge is -2.37. The molecule has 0 radical (unpaired) electrons. The number of rotatable bonds is 7. The third-order valence-corrected chi connectivity index (χ3v) is 6.94. The number of nitrogens with one attached hydrogen (secondary N) is 4. The Morgan fingerprint density at radius 2 is 1.89 bits per heavy atom. The highest BCUT2D eigenvalue weighted by atomic mass is 16.2. The molecule has 3 aromatic rings. The van der Waals surface area contributed by atoms with Crippen molar-refractivity contribution in [3.05, 3.63) is 77.0 Å². The first-order valence-electron chi connectivity index (χ1n) is 12.5. The number of anilines is 2. The maximum Gasteiger partial charge on any atom is 0.230 e. The van der Waals surface area contributed by atoms with Crippen molar-refractivity contribution in [1.29, 1.82) is 0 Å². The van der Waals surface area contributed by atoms with Crippen molar-refractivity contribution in [2.24, 2.45) is 5.92 Å². The van der Waals surface area contributed by atoms with Crippen LogP contribution in [0.4, 0.5) is 11.5 Å². The Morgan fingerprint density at radius 1 is 1.08 bits per heavy atom. The molecule has 0 aliphatic carbocycles. The van der Waals surface area contributed by atoms with Crippen molar-refractivity contribution in [3.8, 4) is 0 Å². The van der Waals surface area contributed by atoms with Crippen LogP contribution in [0.1, 0.15) is 41.5 Å². The molecule has 188 valence electrons. The van der Waals surface area contributed by atoms with Crippen LogP contribution in [-0.2, 0) is 16.0 Å². The highest BCUT2D eigenvalue weighted by Gasteiger charge is 2.45. The second kappa shape index (κ2) is 10.1. The summed E-state index contributed by atoms with van der Waals surface area (Å²) >= 11 is 0. The number of benzene rings is 2. The summed E-state index contributed by atoms with van der Waals surface area (Å²) in [5, 5.41) is 16.1. The zero-order valence-corrected chi connectivity index (χ0v) is 20.9. The number of hydrogen-bond donors (Lipinski definition) is 4. The van der Waals surface area contributed by atoms with Crippen LogP contribution < -0.4 is 26.4 Å². The maximum atomic E-state index is 13.0. The standard InChI is InChI=1S/C27H33N7O2/c1-17-12-13-21(14-18(17)2)33-25-22(16-28-33)26(36)31-27(30-25)34-23(15-19(3)32-34)29-24(35)11-7-10-20-8-5-4-6-9-20/h4-6,8-9,12-15,22,25,27-28,30H,7,10-11,16H2,1-3H3,(H,29,35)(H,31,36). The maximum absolute atomic E-state index is 13.0. The molecule has 36 heavy (non-hydrogen) atoms. The van der Waals surface area contributed by atoms with Gasteiger partial charge in [-0.15, -0.1) is 0 Å². The van der Waals surface area contributed by atoms with E-state index in [1.165, 1.54) is 16.7 Å². The van der Waals surface area contributed by atoms with E-state index in [1.807, 2.05) is 36.2 Å². The average Bonchev–Trinajstić information content (AvgIpc) is 3.45. The van der Waals surface area contributed by atoms with E-state index in [0.29, 0.717) is 18.8 Å². The van der Waals surface area contributed by atoms with Crippen molar-refractivity contribution in [2.45, 2.75) is 52.5 Å². The van der Waals surface area contributed by atoms with E-state index < -0.39 is 6.29 Å². The fraction of sp³-hybridized carbons (Fsp3) is 0.370. The molecule has 2 saturated heterocycles. The predicted molar refractivity (Wildman–Crippen MR) is 139 cm³/mol. The largest absolute Gasteiger partial charge is 0.321 e. The van der Waals surface area contributed by atoms with Crippen molar-refractivity contribution in [1.82, 2.24) is 25.8 Å². The summed E-state index contributed by atoms with van der Waals surface area (Å²) in [7, 11) is 0. The molecule has 0 spiro atoms. The SMILES string of the molecule is Cc1cc(NC(=O)CCCc2ccccc2)n(C2NC(=O)C3CNN(c4ccc(C)c(C)c4)C3N2)n1. The van der Waals surface area contributed by atoms with Crippen LogP contribution in [0.3, 0.4) is 0 Å². The van der Waals surface area contributed by atoms with Crippen molar-refractivity contribution in [2.75, 3.05) is 16.9 Å². The van der Waals surface area contributed by atoms with Gasteiger partial charge in [0.25, 0.3) is 0 Å². The molecule has 3 unspecified atom stereocenters. The molecule has 9 nitrogen and oxygen atoms in total. The first-order valence-corrected chi connectivity index (χ1v) is 12.5. The van der Waals surface area contributed by atoms with Crippen LogP contribution >= 0.6 is 0 Å². The van der Waals surface area contributed by atoms with Gasteiger partial charge in [0.2, 0.25) is 11.8 Å². The topological polar surface area (TPSA) is 103 Å². The normalized spacial score (nSPS) is 21.2. The van der Waals surface area contributed by atoms with Gasteiger partial charge in [0.15, 0.2) is 6.29 Å². The summed E-state index contributed by atoms with van der Waals surface area (Å²) in [6.45, 7) is 6.57. The van der Waals surface area contributed by atoms with Crippen LogP contribution in [0.25, 0.3) is 0 Å². The van der Waals surface area contributed by atoms with E-state index >= 15 is 0 Å². The van der Waals surface area contributed by atoms with Gasteiger partial charge in [-0.05, 0) is 62.4 Å². The lowest BCUT2D eigenvalue weighted by Crippen LogP contribution is -2.61. The molecule has 2 aromatic carbocycles. The van der Waals surface area contributed by atoms with Crippen molar-refractivity contribution >= 4 is 23.3 Å². The van der Waals surface area contributed by atoms with Gasteiger partial charge in [0.05, 0.1) is 17.3 Å². The minimum Gasteiger partial charge on any atom is -0.321 e. The van der Waals surface area contributed by atoms with Gasteiger partial charge in [-0.3, -0.25) is 19.9 Å². The van der Waals surface area contributed by atoms with E-state index in [2.05, 4.69) is 70.7 Å². The van der Waals surface area contributed by atoms with E-state index in [-0.39, 0.29) is 23.9 Å². The summed E-state index contributed by atoms with van der Waals surface area (Å²) in [5.74, 6) is 0.162. The number of carbonyl (C=O) groups excluding carboxylic acids is 2. The first kappa shape index (κ1) is 24.0. The number of aryl methyl sites for hydroxylation is 4. The Balaban J connectivity index is 1.28. The number of carbonyl (C=O) groups is 2. The van der Waals surface area contributed by atoms with E-state index in [4.69, 9.17) is 0 Å². The summed E-state index contributed by atoms with van der Waals surface area (Å²) < 4.78 is 1.65. The number of nitrogens with zero attached hydrogens (tertiary/aromatic N) is 3. The predicted octanol–water partition coefficient (Wildman–Crippen LogP) is 2.91. The highest BCUT2D eigenvalue weighted by Crippen LogP contribution is 2.29. The molecule has 9 heteroatoms. The van der Waals surface area contributed by atoms with Gasteiger partial charge < -0.3 is 10.6 Å². The van der Waals surface area contributed by atoms with E-state index in [9.17, 15) is 9.59 Å². The monoisotopic (exact) mass is 487 g/mol. The molecule has 0 bridgehead atoms. The molecule has 2 fully saturated rings. The number of hydrazine groups is 1. The molecule has 3 heterocycles. The molecule has 0 saturated carbocycles. The molecule has 1 aromatic heterocycles. The minimum atomic E-state index is -0.596. The molecule has 5 rings (SSSR count). The fourth-order valence-corrected chi connectivity index (χ4v) is 4.83. The van der Waals surface area contributed by atoms with E-state index in [0.717, 1.165) is 24.2 Å². The molecule has 4 N–H and O–H groups in total. The van der Waals surface area contributed by atoms with E-state index in [1.54, 1.807) is 4.68 Å². The number of amides is 2. The zero-order valence-electron chi connectivity index (χ0n) is 20.9. The zero-order chi connectivity index (χ0) is 25.2. The van der Waals surface area contributed by atoms with Gasteiger partial charge in [-0.1, -0.05) is 36.4 Å². The molecule has 3 atom stereocenters. The molecule has 2 amide bonds. The molecule has 2 aliphatic heterocycles. The quantitative estimate of drug-likeness (QED) is 0.409. The average molecular weight is 488 g/mol. The lowest BCUT2D eigenvalue weighted by molar-refractivity contribution is -0.129. The smallest absolute Gasteiger partial charge is 0.230 e. The van der Waals surface area contributed by atoms with Crippen LogP contribution in [0, 0.1) is 26.7 Å². The first-order chi connectivity index (χ1) is 17.4. The van der Waals surface area contributed by atoms with Crippen molar-refractivity contribution in [3.63, 3.8) is 0 Å². The minimum absolute atomic E-state index is 0.0594. The van der Waals surface area contributed by atoms with Gasteiger partial charge in [-0.2, -0.15) is 5.10 Å². The van der Waals surface area contributed by atoms with Crippen LogP contribution in [0.15, 0.2) is 54.6 Å². The second-order valence-corrected chi connectivity index (χ2v) is 9.63. The third kappa shape index (κ3) is 4.98. The van der Waals surface area contributed by atoms with Gasteiger partial charge in [-0.25, -0.2) is 10.1 Å². The summed E-state index contributed by atoms with van der Waals surface area (Å²) in [6.07, 6.45) is 1.14. The third-order valence-electron chi connectivity index (χ3n) is 6.94. The number of fused-ring (bicyclic) bond motifs is 1. The van der Waals surface area contributed by atoms with Gasteiger partial charge >= 0.3 is 0 Å². The van der Waals surface area contributed by atoms with Crippen LogP contribution in [-0.4, -0.2) is 34.3 Å². The Kier molecular flexibility index (Phi) is 6.75. The Bertz CT molecular complexity index is 1260. The lowest BCUT2D eigenvalue weighted by atomic mass is 10.0. The summed E-state index contributed by atoms with van der Waals surface area (Å²) in [6, 6.07) is 18.2.